The third-order valence-electron chi connectivity index (χ3n) is 5.50. The molecule has 1 amide bonds. The lowest BCUT2D eigenvalue weighted by molar-refractivity contribution is 0.102. The molecule has 31 heavy (non-hydrogen) atoms. The van der Waals surface area contributed by atoms with Crippen LogP contribution in [0.3, 0.4) is 0 Å². The SMILES string of the molecule is COCCOc1ccc(NC(=O)c2ccc3c(=O)n4c(nc3c2)CCCCCC4)cc1. The molecule has 7 nitrogen and oxygen atoms in total. The number of benzene rings is 2. The molecule has 0 aliphatic carbocycles. The summed E-state index contributed by atoms with van der Waals surface area (Å²) in [7, 11) is 1.62. The predicted molar refractivity (Wildman–Crippen MR) is 120 cm³/mol. The van der Waals surface area contributed by atoms with Crippen molar-refractivity contribution in [2.75, 3.05) is 25.6 Å². The zero-order valence-corrected chi connectivity index (χ0v) is 17.7. The van der Waals surface area contributed by atoms with E-state index in [0.29, 0.717) is 47.7 Å². The summed E-state index contributed by atoms with van der Waals surface area (Å²) < 4.78 is 12.3. The van der Waals surface area contributed by atoms with Gasteiger partial charge < -0.3 is 14.8 Å². The standard InChI is InChI=1S/C24H27N3O4/c1-30-14-15-31-19-10-8-18(9-11-19)25-23(28)17-7-12-20-21(16-17)26-22-6-4-2-3-5-13-27(22)24(20)29/h7-12,16H,2-6,13-15H2,1H3,(H,25,28). The van der Waals surface area contributed by atoms with E-state index in [1.54, 1.807) is 54.1 Å². The van der Waals surface area contributed by atoms with Crippen LogP contribution < -0.4 is 15.6 Å². The van der Waals surface area contributed by atoms with Crippen molar-refractivity contribution in [2.45, 2.75) is 38.6 Å². The van der Waals surface area contributed by atoms with Crippen LogP contribution in [0.1, 0.15) is 41.9 Å². The Hall–Kier alpha value is -3.19. The number of carbonyl (C=O) groups is 1. The van der Waals surface area contributed by atoms with Crippen molar-refractivity contribution in [3.8, 4) is 5.75 Å². The summed E-state index contributed by atoms with van der Waals surface area (Å²) in [6.07, 6.45) is 5.12. The van der Waals surface area contributed by atoms with Gasteiger partial charge in [-0.15, -0.1) is 0 Å². The average Bonchev–Trinajstić information content (AvgIpc) is 2.76. The largest absolute Gasteiger partial charge is 0.491 e. The Labute approximate surface area is 181 Å². The van der Waals surface area contributed by atoms with E-state index in [1.807, 2.05) is 0 Å². The number of ether oxygens (including phenoxy) is 2. The van der Waals surface area contributed by atoms with Crippen LogP contribution >= 0.6 is 0 Å². The number of nitrogens with one attached hydrogen (secondary N) is 1. The quantitative estimate of drug-likeness (QED) is 0.613. The van der Waals surface area contributed by atoms with E-state index in [0.717, 1.165) is 37.9 Å². The first-order chi connectivity index (χ1) is 15.2. The van der Waals surface area contributed by atoms with Crippen LogP contribution in [0, 0.1) is 0 Å². The second-order valence-corrected chi connectivity index (χ2v) is 7.70. The molecular formula is C24H27N3O4. The minimum absolute atomic E-state index is 0.0158. The van der Waals surface area contributed by atoms with Crippen LogP contribution in [-0.2, 0) is 17.7 Å². The summed E-state index contributed by atoms with van der Waals surface area (Å²) in [4.78, 5) is 30.4. The maximum Gasteiger partial charge on any atom is 0.261 e. The van der Waals surface area contributed by atoms with E-state index in [-0.39, 0.29) is 11.5 Å². The maximum atomic E-state index is 12.9. The number of carbonyl (C=O) groups excluding carboxylic acids is 1. The molecule has 7 heteroatoms. The van der Waals surface area contributed by atoms with Crippen molar-refractivity contribution in [3.63, 3.8) is 0 Å². The third kappa shape index (κ3) is 4.94. The summed E-state index contributed by atoms with van der Waals surface area (Å²) in [6.45, 7) is 1.70. The van der Waals surface area contributed by atoms with Gasteiger partial charge in [0.1, 0.15) is 18.2 Å². The van der Waals surface area contributed by atoms with Crippen LogP contribution in [0.25, 0.3) is 10.9 Å². The van der Waals surface area contributed by atoms with Gasteiger partial charge in [0, 0.05) is 31.3 Å². The van der Waals surface area contributed by atoms with Crippen LogP contribution in [0.5, 0.6) is 5.75 Å². The topological polar surface area (TPSA) is 82.5 Å². The Bertz CT molecular complexity index is 1120. The number of hydrogen-bond acceptors (Lipinski definition) is 5. The van der Waals surface area contributed by atoms with E-state index < -0.39 is 0 Å². The number of methoxy groups -OCH3 is 1. The molecule has 1 aliphatic rings. The molecule has 0 atom stereocenters. The van der Waals surface area contributed by atoms with E-state index in [9.17, 15) is 9.59 Å². The number of fused-ring (bicyclic) bond motifs is 2. The highest BCUT2D eigenvalue weighted by molar-refractivity contribution is 6.06. The first-order valence-corrected chi connectivity index (χ1v) is 10.7. The van der Waals surface area contributed by atoms with Gasteiger partial charge in [0.25, 0.3) is 11.5 Å². The first-order valence-electron chi connectivity index (χ1n) is 10.7. The first kappa shape index (κ1) is 21.1. The van der Waals surface area contributed by atoms with Gasteiger partial charge in [0.2, 0.25) is 0 Å². The highest BCUT2D eigenvalue weighted by Gasteiger charge is 2.15. The molecular weight excluding hydrogens is 394 g/mol. The lowest BCUT2D eigenvalue weighted by atomic mass is 10.1. The molecule has 2 heterocycles. The molecule has 0 unspecified atom stereocenters. The predicted octanol–water partition coefficient (Wildman–Crippen LogP) is 3.79. The molecule has 4 rings (SSSR count). The molecule has 1 aliphatic heterocycles. The second kappa shape index (κ2) is 9.75. The van der Waals surface area contributed by atoms with Crippen molar-refractivity contribution in [1.82, 2.24) is 9.55 Å². The fourth-order valence-corrected chi connectivity index (χ4v) is 3.82. The number of aromatic nitrogens is 2. The maximum absolute atomic E-state index is 12.9. The second-order valence-electron chi connectivity index (χ2n) is 7.70. The van der Waals surface area contributed by atoms with Crippen LogP contribution in [0.15, 0.2) is 47.3 Å². The molecule has 3 aromatic rings. The van der Waals surface area contributed by atoms with Crippen LogP contribution in [0.4, 0.5) is 5.69 Å². The van der Waals surface area contributed by atoms with E-state index in [2.05, 4.69) is 5.32 Å². The molecule has 1 aromatic heterocycles. The summed E-state index contributed by atoms with van der Waals surface area (Å²) in [6, 6.07) is 12.3. The Morgan fingerprint density at radius 3 is 2.68 bits per heavy atom. The highest BCUT2D eigenvalue weighted by Crippen LogP contribution is 2.19. The monoisotopic (exact) mass is 421 g/mol. The smallest absolute Gasteiger partial charge is 0.261 e. The lowest BCUT2D eigenvalue weighted by Crippen LogP contribution is -2.26. The summed E-state index contributed by atoms with van der Waals surface area (Å²) >= 11 is 0. The average molecular weight is 421 g/mol. The van der Waals surface area contributed by atoms with Crippen molar-refractivity contribution < 1.29 is 14.3 Å². The van der Waals surface area contributed by atoms with Crippen molar-refractivity contribution in [2.24, 2.45) is 0 Å². The molecule has 0 saturated carbocycles. The van der Waals surface area contributed by atoms with Crippen LogP contribution in [0.2, 0.25) is 0 Å². The van der Waals surface area contributed by atoms with Crippen molar-refractivity contribution in [3.05, 3.63) is 64.2 Å². The number of anilines is 1. The Morgan fingerprint density at radius 2 is 1.87 bits per heavy atom. The van der Waals surface area contributed by atoms with Crippen molar-refractivity contribution >= 4 is 22.5 Å². The number of rotatable bonds is 6. The number of aryl methyl sites for hydroxylation is 1. The zero-order chi connectivity index (χ0) is 21.6. The van der Waals surface area contributed by atoms with Gasteiger partial charge in [0.05, 0.1) is 17.5 Å². The molecule has 0 bridgehead atoms. The zero-order valence-electron chi connectivity index (χ0n) is 17.7. The molecule has 2 aromatic carbocycles. The minimum Gasteiger partial charge on any atom is -0.491 e. The van der Waals surface area contributed by atoms with E-state index in [4.69, 9.17) is 14.5 Å². The van der Waals surface area contributed by atoms with Gasteiger partial charge in [-0.05, 0) is 55.3 Å². The van der Waals surface area contributed by atoms with E-state index in [1.165, 1.54) is 0 Å². The third-order valence-corrected chi connectivity index (χ3v) is 5.50. The number of hydrogen-bond donors (Lipinski definition) is 1. The molecule has 162 valence electrons. The van der Waals surface area contributed by atoms with Crippen LogP contribution in [-0.4, -0.2) is 35.8 Å². The molecule has 0 fully saturated rings. The Balaban J connectivity index is 1.53. The van der Waals surface area contributed by atoms with Crippen molar-refractivity contribution in [1.29, 1.82) is 0 Å². The fraction of sp³-hybridized carbons (Fsp3) is 0.375. The normalized spacial score (nSPS) is 13.8. The summed E-state index contributed by atoms with van der Waals surface area (Å²) in [5.74, 6) is 1.28. The van der Waals surface area contributed by atoms with Gasteiger partial charge >= 0.3 is 0 Å². The Kier molecular flexibility index (Phi) is 6.62. The molecule has 1 N–H and O–H groups in total. The van der Waals surface area contributed by atoms with Gasteiger partial charge in [-0.2, -0.15) is 0 Å². The minimum atomic E-state index is -0.247. The Morgan fingerprint density at radius 1 is 1.06 bits per heavy atom. The molecule has 0 radical (unpaired) electrons. The molecule has 0 spiro atoms. The lowest BCUT2D eigenvalue weighted by Gasteiger charge is -2.16. The summed E-state index contributed by atoms with van der Waals surface area (Å²) in [5.41, 5.74) is 1.69. The highest BCUT2D eigenvalue weighted by atomic mass is 16.5. The van der Waals surface area contributed by atoms with Gasteiger partial charge in [0.15, 0.2) is 0 Å². The van der Waals surface area contributed by atoms with E-state index >= 15 is 0 Å². The molecule has 0 saturated heterocycles. The summed E-state index contributed by atoms with van der Waals surface area (Å²) in [5, 5.41) is 3.44. The number of nitrogens with zero attached hydrogens (tertiary/aromatic N) is 2. The fourth-order valence-electron chi connectivity index (χ4n) is 3.82. The van der Waals surface area contributed by atoms with Gasteiger partial charge in [-0.25, -0.2) is 4.98 Å². The number of amides is 1. The van der Waals surface area contributed by atoms with Gasteiger partial charge in [-0.3, -0.25) is 14.2 Å². The van der Waals surface area contributed by atoms with Gasteiger partial charge in [-0.1, -0.05) is 12.8 Å².